The van der Waals surface area contributed by atoms with Crippen molar-refractivity contribution in [1.29, 1.82) is 0 Å². The summed E-state index contributed by atoms with van der Waals surface area (Å²) in [5.41, 5.74) is 0.110. The molecule has 1 N–H and O–H groups in total. The lowest BCUT2D eigenvalue weighted by molar-refractivity contribution is -0.121. The molecule has 28 heavy (non-hydrogen) atoms. The highest BCUT2D eigenvalue weighted by Crippen LogP contribution is 2.11. The first kappa shape index (κ1) is 20.1. The van der Waals surface area contributed by atoms with Gasteiger partial charge >= 0.3 is 11.1 Å². The van der Waals surface area contributed by atoms with Gasteiger partial charge in [-0.15, -0.1) is 6.58 Å². The van der Waals surface area contributed by atoms with Crippen molar-refractivity contribution in [1.82, 2.24) is 19.4 Å². The van der Waals surface area contributed by atoms with Gasteiger partial charge in [-0.2, -0.15) is 0 Å². The Morgan fingerprint density at radius 2 is 1.64 bits per heavy atom. The molecule has 7 heteroatoms. The summed E-state index contributed by atoms with van der Waals surface area (Å²) in [5, 5.41) is 2.92. The fraction of sp³-hybridized carbons (Fsp3) is 0.476. The third-order valence-corrected chi connectivity index (χ3v) is 5.21. The van der Waals surface area contributed by atoms with Gasteiger partial charge in [0.25, 0.3) is 0 Å². The fourth-order valence-corrected chi connectivity index (χ4v) is 3.74. The summed E-state index contributed by atoms with van der Waals surface area (Å²) in [6.07, 6.45) is 5.49. The first-order valence-corrected chi connectivity index (χ1v) is 9.94. The van der Waals surface area contributed by atoms with Crippen LogP contribution in [-0.4, -0.2) is 46.1 Å². The number of aromatic nitrogens is 2. The van der Waals surface area contributed by atoms with E-state index >= 15 is 0 Å². The number of nitrogens with one attached hydrogen (secondary N) is 1. The Kier molecular flexibility index (Phi) is 6.81. The molecule has 2 aromatic rings. The Labute approximate surface area is 164 Å². The van der Waals surface area contributed by atoms with E-state index in [1.165, 1.54) is 28.4 Å². The van der Waals surface area contributed by atoms with Crippen molar-refractivity contribution in [3.63, 3.8) is 0 Å². The van der Waals surface area contributed by atoms with Gasteiger partial charge in [-0.1, -0.05) is 24.6 Å². The van der Waals surface area contributed by atoms with Crippen LogP contribution < -0.4 is 16.4 Å². The Balaban J connectivity index is 1.67. The molecule has 150 valence electrons. The first-order valence-electron chi connectivity index (χ1n) is 9.94. The van der Waals surface area contributed by atoms with Crippen LogP contribution in [0.25, 0.3) is 11.0 Å². The van der Waals surface area contributed by atoms with Gasteiger partial charge < -0.3 is 14.8 Å². The predicted molar refractivity (Wildman–Crippen MR) is 111 cm³/mol. The van der Waals surface area contributed by atoms with E-state index in [2.05, 4.69) is 16.8 Å². The number of fused-ring (bicyclic) bond motifs is 1. The number of hydrogen-bond acceptors (Lipinski definition) is 4. The number of amides is 1. The zero-order valence-corrected chi connectivity index (χ0v) is 16.2. The second-order valence-corrected chi connectivity index (χ2v) is 7.15. The summed E-state index contributed by atoms with van der Waals surface area (Å²) in [7, 11) is 0. The normalized spacial score (nSPS) is 14.9. The number of likely N-dealkylation sites (tertiary alicyclic amines) is 1. The molecule has 0 radical (unpaired) electrons. The maximum absolute atomic E-state index is 12.6. The summed E-state index contributed by atoms with van der Waals surface area (Å²) in [6.45, 7) is 7.75. The van der Waals surface area contributed by atoms with E-state index < -0.39 is 11.1 Å². The van der Waals surface area contributed by atoms with Gasteiger partial charge in [0.05, 0.1) is 11.0 Å². The van der Waals surface area contributed by atoms with Crippen molar-refractivity contribution in [2.24, 2.45) is 0 Å². The van der Waals surface area contributed by atoms with Crippen molar-refractivity contribution in [2.45, 2.75) is 38.8 Å². The van der Waals surface area contributed by atoms with Crippen molar-refractivity contribution in [3.8, 4) is 0 Å². The fourth-order valence-electron chi connectivity index (χ4n) is 3.74. The summed E-state index contributed by atoms with van der Waals surface area (Å²) < 4.78 is 2.82. The molecule has 1 fully saturated rings. The van der Waals surface area contributed by atoms with Gasteiger partial charge in [0, 0.05) is 32.6 Å². The standard InChI is InChI=1S/C21H28N4O3/c1-2-12-24-17-8-4-5-9-18(17)25(21(28)20(24)27)15-10-19(26)22-11-16-23-13-6-3-7-14-23/h2,4-5,8-9H,1,3,6-7,10-16H2,(H,22,26). The molecule has 1 amide bonds. The number of carbonyl (C=O) groups excluding carboxylic acids is 1. The average Bonchev–Trinajstić information content (AvgIpc) is 2.72. The smallest absolute Gasteiger partial charge is 0.317 e. The molecule has 1 aliphatic heterocycles. The highest BCUT2D eigenvalue weighted by Gasteiger charge is 2.14. The maximum atomic E-state index is 12.6. The van der Waals surface area contributed by atoms with E-state index in [0.717, 1.165) is 19.6 Å². The Bertz CT molecular complexity index is 954. The van der Waals surface area contributed by atoms with E-state index in [-0.39, 0.29) is 25.4 Å². The Hall–Kier alpha value is -2.67. The van der Waals surface area contributed by atoms with Gasteiger partial charge in [-0.25, -0.2) is 0 Å². The SMILES string of the molecule is C=CCn1c(=O)c(=O)n(CCC(=O)NCCN2CCCCC2)c2ccccc21. The summed E-state index contributed by atoms with van der Waals surface area (Å²) in [4.78, 5) is 39.6. The highest BCUT2D eigenvalue weighted by atomic mass is 16.2. The molecule has 1 aromatic heterocycles. The third-order valence-electron chi connectivity index (χ3n) is 5.21. The first-order chi connectivity index (χ1) is 13.6. The minimum Gasteiger partial charge on any atom is -0.355 e. The summed E-state index contributed by atoms with van der Waals surface area (Å²) in [5.74, 6) is -0.108. The van der Waals surface area contributed by atoms with Crippen LogP contribution in [0.3, 0.4) is 0 Å². The van der Waals surface area contributed by atoms with E-state index in [1.807, 2.05) is 12.1 Å². The average molecular weight is 384 g/mol. The topological polar surface area (TPSA) is 76.3 Å². The molecule has 0 atom stereocenters. The van der Waals surface area contributed by atoms with E-state index in [0.29, 0.717) is 17.6 Å². The number of carbonyl (C=O) groups is 1. The molecule has 0 saturated carbocycles. The Morgan fingerprint density at radius 3 is 2.32 bits per heavy atom. The number of hydrogen-bond donors (Lipinski definition) is 1. The van der Waals surface area contributed by atoms with Crippen LogP contribution in [0.1, 0.15) is 25.7 Å². The second kappa shape index (κ2) is 9.50. The number of rotatable bonds is 8. The number of nitrogens with zero attached hydrogens (tertiary/aromatic N) is 3. The quantitative estimate of drug-likeness (QED) is 0.550. The van der Waals surface area contributed by atoms with Crippen LogP contribution in [0.5, 0.6) is 0 Å². The zero-order chi connectivity index (χ0) is 19.9. The van der Waals surface area contributed by atoms with Gasteiger partial charge in [-0.05, 0) is 38.1 Å². The number of allylic oxidation sites excluding steroid dienone is 1. The molecule has 7 nitrogen and oxygen atoms in total. The molecule has 2 heterocycles. The van der Waals surface area contributed by atoms with Crippen molar-refractivity contribution < 1.29 is 4.79 Å². The van der Waals surface area contributed by atoms with Crippen molar-refractivity contribution in [3.05, 3.63) is 57.6 Å². The number of benzene rings is 1. The third kappa shape index (κ3) is 4.59. The molecular formula is C21H28N4O3. The van der Waals surface area contributed by atoms with Crippen LogP contribution in [0, 0.1) is 0 Å². The molecule has 0 aliphatic carbocycles. The van der Waals surface area contributed by atoms with Gasteiger partial charge in [0.2, 0.25) is 5.91 Å². The highest BCUT2D eigenvalue weighted by molar-refractivity contribution is 5.77. The van der Waals surface area contributed by atoms with Crippen molar-refractivity contribution >= 4 is 16.9 Å². The van der Waals surface area contributed by atoms with Crippen LogP contribution in [-0.2, 0) is 17.9 Å². The van der Waals surface area contributed by atoms with E-state index in [1.54, 1.807) is 18.2 Å². The van der Waals surface area contributed by atoms with Crippen LogP contribution >= 0.6 is 0 Å². The molecular weight excluding hydrogens is 356 g/mol. The molecule has 1 saturated heterocycles. The molecule has 0 bridgehead atoms. The largest absolute Gasteiger partial charge is 0.355 e. The second-order valence-electron chi connectivity index (χ2n) is 7.15. The molecule has 0 spiro atoms. The predicted octanol–water partition coefficient (Wildman–Crippen LogP) is 1.34. The molecule has 1 aromatic carbocycles. The lowest BCUT2D eigenvalue weighted by Gasteiger charge is -2.26. The monoisotopic (exact) mass is 384 g/mol. The van der Waals surface area contributed by atoms with E-state index in [9.17, 15) is 14.4 Å². The Morgan fingerprint density at radius 1 is 1.00 bits per heavy atom. The zero-order valence-electron chi connectivity index (χ0n) is 16.2. The van der Waals surface area contributed by atoms with Crippen LogP contribution in [0.4, 0.5) is 0 Å². The minimum absolute atomic E-state index is 0.108. The molecule has 0 unspecified atom stereocenters. The molecule has 1 aliphatic rings. The summed E-state index contributed by atoms with van der Waals surface area (Å²) in [6, 6.07) is 7.24. The lowest BCUT2D eigenvalue weighted by atomic mass is 10.1. The van der Waals surface area contributed by atoms with E-state index in [4.69, 9.17) is 0 Å². The number of para-hydroxylation sites is 2. The lowest BCUT2D eigenvalue weighted by Crippen LogP contribution is -2.42. The summed E-state index contributed by atoms with van der Waals surface area (Å²) >= 11 is 0. The van der Waals surface area contributed by atoms with Gasteiger partial charge in [0.1, 0.15) is 0 Å². The minimum atomic E-state index is -0.610. The van der Waals surface area contributed by atoms with Crippen LogP contribution in [0.15, 0.2) is 46.5 Å². The number of piperidine rings is 1. The maximum Gasteiger partial charge on any atom is 0.317 e. The van der Waals surface area contributed by atoms with Crippen molar-refractivity contribution in [2.75, 3.05) is 26.2 Å². The van der Waals surface area contributed by atoms with Crippen LogP contribution in [0.2, 0.25) is 0 Å². The van der Waals surface area contributed by atoms with Gasteiger partial charge in [0.15, 0.2) is 0 Å². The molecule has 3 rings (SSSR count). The van der Waals surface area contributed by atoms with Gasteiger partial charge in [-0.3, -0.25) is 19.0 Å². The number of aryl methyl sites for hydroxylation is 1.